The van der Waals surface area contributed by atoms with Gasteiger partial charge in [0.25, 0.3) is 0 Å². The normalized spacial score (nSPS) is 12.9. The fourth-order valence-corrected chi connectivity index (χ4v) is 3.59. The van der Waals surface area contributed by atoms with Gasteiger partial charge in [-0.1, -0.05) is 19.8 Å². The molecule has 2 rings (SSSR count). The minimum Gasteiger partial charge on any atom is -0.329 e. The first-order chi connectivity index (χ1) is 7.83. The van der Waals surface area contributed by atoms with E-state index in [1.165, 1.54) is 28.6 Å². The largest absolute Gasteiger partial charge is 0.329 e. The Kier molecular flexibility index (Phi) is 4.18. The SMILES string of the molecule is CCCCC(c1sccc1Br)n1ccnc1. The van der Waals surface area contributed by atoms with Crippen LogP contribution < -0.4 is 0 Å². The molecule has 0 aliphatic rings. The van der Waals surface area contributed by atoms with Crippen molar-refractivity contribution in [2.24, 2.45) is 0 Å². The zero-order valence-corrected chi connectivity index (χ0v) is 11.7. The van der Waals surface area contributed by atoms with E-state index in [1.807, 2.05) is 30.1 Å². The summed E-state index contributed by atoms with van der Waals surface area (Å²) in [5.41, 5.74) is 0. The number of hydrogen-bond donors (Lipinski definition) is 0. The first-order valence-corrected chi connectivity index (χ1v) is 7.20. The fraction of sp³-hybridized carbons (Fsp3) is 0.417. The van der Waals surface area contributed by atoms with E-state index in [2.05, 4.69) is 43.9 Å². The number of rotatable bonds is 5. The summed E-state index contributed by atoms with van der Waals surface area (Å²) in [6.45, 7) is 2.23. The fourth-order valence-electron chi connectivity index (χ4n) is 1.81. The average Bonchev–Trinajstić information content (AvgIpc) is 2.91. The van der Waals surface area contributed by atoms with Crippen molar-refractivity contribution in [3.63, 3.8) is 0 Å². The lowest BCUT2D eigenvalue weighted by Gasteiger charge is -2.17. The molecule has 0 aliphatic carbocycles. The third-order valence-electron chi connectivity index (χ3n) is 2.66. The summed E-state index contributed by atoms with van der Waals surface area (Å²) in [6, 6.07) is 2.55. The third-order valence-corrected chi connectivity index (χ3v) is 4.64. The Bertz CT molecular complexity index is 422. The zero-order valence-electron chi connectivity index (χ0n) is 9.27. The second-order valence-electron chi connectivity index (χ2n) is 3.80. The Morgan fingerprint density at radius 1 is 1.56 bits per heavy atom. The number of halogens is 1. The molecule has 0 amide bonds. The number of imidazole rings is 1. The van der Waals surface area contributed by atoms with Crippen LogP contribution >= 0.6 is 27.3 Å². The van der Waals surface area contributed by atoms with Gasteiger partial charge in [-0.15, -0.1) is 11.3 Å². The van der Waals surface area contributed by atoms with Gasteiger partial charge in [-0.05, 0) is 33.8 Å². The van der Waals surface area contributed by atoms with Crippen molar-refractivity contribution >= 4 is 27.3 Å². The molecule has 16 heavy (non-hydrogen) atoms. The highest BCUT2D eigenvalue weighted by atomic mass is 79.9. The van der Waals surface area contributed by atoms with Crippen LogP contribution in [0.5, 0.6) is 0 Å². The number of nitrogens with zero attached hydrogens (tertiary/aromatic N) is 2. The van der Waals surface area contributed by atoms with Crippen LogP contribution in [-0.2, 0) is 0 Å². The van der Waals surface area contributed by atoms with Gasteiger partial charge >= 0.3 is 0 Å². The van der Waals surface area contributed by atoms with Gasteiger partial charge < -0.3 is 4.57 Å². The molecule has 2 aromatic rings. The Hall–Kier alpha value is -0.610. The standard InChI is InChI=1S/C12H15BrN2S/c1-2-3-4-11(15-7-6-14-9-15)12-10(13)5-8-16-12/h5-9,11H,2-4H2,1H3. The lowest BCUT2D eigenvalue weighted by Crippen LogP contribution is -2.07. The van der Waals surface area contributed by atoms with Crippen LogP contribution in [0.3, 0.4) is 0 Å². The molecule has 2 aromatic heterocycles. The van der Waals surface area contributed by atoms with Crippen LogP contribution in [-0.4, -0.2) is 9.55 Å². The van der Waals surface area contributed by atoms with E-state index in [9.17, 15) is 0 Å². The van der Waals surface area contributed by atoms with Crippen molar-refractivity contribution < 1.29 is 0 Å². The van der Waals surface area contributed by atoms with Crippen LogP contribution in [0, 0.1) is 0 Å². The summed E-state index contributed by atoms with van der Waals surface area (Å²) in [5, 5.41) is 2.13. The van der Waals surface area contributed by atoms with Gasteiger partial charge in [0.05, 0.1) is 12.4 Å². The van der Waals surface area contributed by atoms with Gasteiger partial charge in [-0.2, -0.15) is 0 Å². The zero-order chi connectivity index (χ0) is 11.4. The highest BCUT2D eigenvalue weighted by Crippen LogP contribution is 2.34. The van der Waals surface area contributed by atoms with E-state index in [4.69, 9.17) is 0 Å². The van der Waals surface area contributed by atoms with Crippen LogP contribution in [0.1, 0.15) is 37.1 Å². The lowest BCUT2D eigenvalue weighted by atomic mass is 10.1. The number of unbranched alkanes of at least 4 members (excludes halogenated alkanes) is 1. The molecule has 0 radical (unpaired) electrons. The van der Waals surface area contributed by atoms with E-state index >= 15 is 0 Å². The minimum atomic E-state index is 0.428. The summed E-state index contributed by atoms with van der Waals surface area (Å²) in [5.74, 6) is 0. The van der Waals surface area contributed by atoms with Gasteiger partial charge in [-0.3, -0.25) is 0 Å². The predicted octanol–water partition coefficient (Wildman–Crippen LogP) is 4.49. The molecule has 0 spiro atoms. The molecule has 4 heteroatoms. The smallest absolute Gasteiger partial charge is 0.0951 e. The highest BCUT2D eigenvalue weighted by molar-refractivity contribution is 9.10. The molecule has 0 saturated carbocycles. The van der Waals surface area contributed by atoms with Crippen molar-refractivity contribution in [2.45, 2.75) is 32.2 Å². The molecule has 1 unspecified atom stereocenters. The number of thiophene rings is 1. The molecule has 1 atom stereocenters. The Morgan fingerprint density at radius 2 is 2.44 bits per heavy atom. The van der Waals surface area contributed by atoms with Gasteiger partial charge in [0.2, 0.25) is 0 Å². The molecule has 0 N–H and O–H groups in total. The molecular formula is C12H15BrN2S. The van der Waals surface area contributed by atoms with Crippen LogP contribution in [0.2, 0.25) is 0 Å². The van der Waals surface area contributed by atoms with Crippen molar-refractivity contribution in [2.75, 3.05) is 0 Å². The van der Waals surface area contributed by atoms with Crippen LogP contribution in [0.25, 0.3) is 0 Å². The van der Waals surface area contributed by atoms with Gasteiger partial charge in [-0.25, -0.2) is 4.98 Å². The quantitative estimate of drug-likeness (QED) is 0.795. The van der Waals surface area contributed by atoms with E-state index < -0.39 is 0 Å². The molecular weight excluding hydrogens is 284 g/mol. The Labute approximate surface area is 108 Å². The topological polar surface area (TPSA) is 17.8 Å². The van der Waals surface area contributed by atoms with Gasteiger partial charge in [0.15, 0.2) is 0 Å². The van der Waals surface area contributed by atoms with E-state index in [0.717, 1.165) is 0 Å². The molecule has 0 fully saturated rings. The number of aromatic nitrogens is 2. The van der Waals surface area contributed by atoms with Crippen molar-refractivity contribution in [1.29, 1.82) is 0 Å². The van der Waals surface area contributed by atoms with Crippen molar-refractivity contribution in [1.82, 2.24) is 9.55 Å². The van der Waals surface area contributed by atoms with E-state index in [-0.39, 0.29) is 0 Å². The van der Waals surface area contributed by atoms with E-state index in [1.54, 1.807) is 0 Å². The van der Waals surface area contributed by atoms with Crippen LogP contribution in [0.15, 0.2) is 34.6 Å². The molecule has 86 valence electrons. The van der Waals surface area contributed by atoms with Crippen LogP contribution in [0.4, 0.5) is 0 Å². The predicted molar refractivity (Wildman–Crippen MR) is 71.9 cm³/mol. The highest BCUT2D eigenvalue weighted by Gasteiger charge is 2.16. The van der Waals surface area contributed by atoms with Gasteiger partial charge in [0, 0.05) is 21.7 Å². The Balaban J connectivity index is 2.25. The third kappa shape index (κ3) is 2.55. The summed E-state index contributed by atoms with van der Waals surface area (Å²) in [6.07, 6.45) is 9.45. The maximum atomic E-state index is 4.14. The maximum absolute atomic E-state index is 4.14. The second-order valence-corrected chi connectivity index (χ2v) is 5.60. The first-order valence-electron chi connectivity index (χ1n) is 5.53. The average molecular weight is 299 g/mol. The molecule has 0 saturated heterocycles. The second kappa shape index (κ2) is 5.64. The summed E-state index contributed by atoms with van der Waals surface area (Å²) in [7, 11) is 0. The monoisotopic (exact) mass is 298 g/mol. The molecule has 0 bridgehead atoms. The van der Waals surface area contributed by atoms with Crippen molar-refractivity contribution in [3.8, 4) is 0 Å². The van der Waals surface area contributed by atoms with Gasteiger partial charge in [0.1, 0.15) is 0 Å². The number of hydrogen-bond acceptors (Lipinski definition) is 2. The summed E-state index contributed by atoms with van der Waals surface area (Å²) < 4.78 is 3.42. The lowest BCUT2D eigenvalue weighted by molar-refractivity contribution is 0.521. The summed E-state index contributed by atoms with van der Waals surface area (Å²) in [4.78, 5) is 5.54. The maximum Gasteiger partial charge on any atom is 0.0951 e. The van der Waals surface area contributed by atoms with Crippen molar-refractivity contribution in [3.05, 3.63) is 39.5 Å². The first kappa shape index (κ1) is 11.9. The molecule has 0 aliphatic heterocycles. The Morgan fingerprint density at radius 3 is 3.00 bits per heavy atom. The molecule has 0 aromatic carbocycles. The minimum absolute atomic E-state index is 0.428. The summed E-state index contributed by atoms with van der Waals surface area (Å²) >= 11 is 5.43. The van der Waals surface area contributed by atoms with E-state index in [0.29, 0.717) is 6.04 Å². The molecule has 2 nitrogen and oxygen atoms in total. The molecule has 2 heterocycles.